The molecule has 0 saturated heterocycles. The summed E-state index contributed by atoms with van der Waals surface area (Å²) in [4.78, 5) is 14.6. The molecule has 0 aliphatic carbocycles. The minimum atomic E-state index is -4.50. The maximum absolute atomic E-state index is 13.2. The van der Waals surface area contributed by atoms with Crippen LogP contribution < -0.4 is 10.4 Å². The average molecular weight is 464 g/mol. The van der Waals surface area contributed by atoms with E-state index in [1.807, 2.05) is 0 Å². The van der Waals surface area contributed by atoms with Crippen LogP contribution in [0.25, 0.3) is 21.3 Å². The van der Waals surface area contributed by atoms with Crippen molar-refractivity contribution in [3.05, 3.63) is 38.3 Å². The Kier molecular flexibility index (Phi) is 5.05. The van der Waals surface area contributed by atoms with Gasteiger partial charge in [0.1, 0.15) is 0 Å². The van der Waals surface area contributed by atoms with E-state index in [-0.39, 0.29) is 17.5 Å². The Balaban J connectivity index is 1.93. The lowest BCUT2D eigenvalue weighted by atomic mass is 9.97. The second-order valence-electron chi connectivity index (χ2n) is 6.81. The summed E-state index contributed by atoms with van der Waals surface area (Å²) in [5.74, 6) is -0.149. The van der Waals surface area contributed by atoms with Crippen molar-refractivity contribution in [1.82, 2.24) is 10.00 Å². The summed E-state index contributed by atoms with van der Waals surface area (Å²) >= 11 is 14.1. The number of hydrogen-bond acceptors (Lipinski definition) is 3. The monoisotopic (exact) mass is 463 g/mol. The van der Waals surface area contributed by atoms with Gasteiger partial charge >= 0.3 is 6.18 Å². The number of carbonyl (C=O) groups excluding carboxylic acids is 1. The standard InChI is InChI=1S/C18H15Cl2F3N4OS/c1-26-11(5-13(25-26)18(21,22)23)9-4-10(19)16(20)17-15(9)8-2-3-27(14(28)6-24)7-12(8)29-17/h4-5H,2-3,6-7,24H2,1H3/p+1. The van der Waals surface area contributed by atoms with Gasteiger partial charge in [0.2, 0.25) is 11.6 Å². The molecule has 4 rings (SSSR count). The van der Waals surface area contributed by atoms with E-state index < -0.39 is 11.9 Å². The molecule has 3 aromatic rings. The largest absolute Gasteiger partial charge is 0.436 e. The Morgan fingerprint density at radius 1 is 1.38 bits per heavy atom. The molecule has 1 amide bonds. The number of halogens is 5. The number of aromatic nitrogens is 2. The van der Waals surface area contributed by atoms with Crippen LogP contribution in [-0.4, -0.2) is 29.0 Å². The molecule has 0 saturated carbocycles. The minimum absolute atomic E-state index is 0.0720. The lowest BCUT2D eigenvalue weighted by molar-refractivity contribution is -0.717. The highest BCUT2D eigenvalue weighted by Gasteiger charge is 2.37. The SMILES string of the molecule is C[n+]1[nH]c(C(F)(F)F)cc1-c1cc(Cl)c(Cl)c2sc3c(c12)CCN(C(=O)CN)C3. The van der Waals surface area contributed by atoms with Gasteiger partial charge in [0.05, 0.1) is 33.4 Å². The number of alkyl halides is 3. The molecule has 3 heterocycles. The van der Waals surface area contributed by atoms with Gasteiger partial charge in [-0.3, -0.25) is 4.79 Å². The van der Waals surface area contributed by atoms with Gasteiger partial charge in [0.15, 0.2) is 12.7 Å². The summed E-state index contributed by atoms with van der Waals surface area (Å²) in [6, 6.07) is 2.66. The molecule has 0 bridgehead atoms. The third-order valence-electron chi connectivity index (χ3n) is 5.05. The number of hydrogen-bond donors (Lipinski definition) is 2. The number of H-pyrrole nitrogens is 1. The summed E-state index contributed by atoms with van der Waals surface area (Å²) in [6.45, 7) is 0.810. The fourth-order valence-corrected chi connectivity index (χ4v) is 5.52. The van der Waals surface area contributed by atoms with E-state index in [4.69, 9.17) is 28.9 Å². The van der Waals surface area contributed by atoms with Crippen LogP contribution >= 0.6 is 34.5 Å². The molecule has 2 aromatic heterocycles. The van der Waals surface area contributed by atoms with Crippen LogP contribution in [0.15, 0.2) is 12.1 Å². The molecule has 0 spiro atoms. The Morgan fingerprint density at radius 2 is 2.10 bits per heavy atom. The van der Waals surface area contributed by atoms with Crippen LogP contribution in [0.5, 0.6) is 0 Å². The van der Waals surface area contributed by atoms with Gasteiger partial charge in [-0.1, -0.05) is 23.2 Å². The molecule has 1 aliphatic heterocycles. The highest BCUT2D eigenvalue weighted by molar-refractivity contribution is 7.20. The molecule has 154 valence electrons. The summed E-state index contributed by atoms with van der Waals surface area (Å²) < 4.78 is 41.6. The topological polar surface area (TPSA) is 66.0 Å². The number of nitrogens with zero attached hydrogens (tertiary/aromatic N) is 2. The van der Waals surface area contributed by atoms with Crippen LogP contribution in [0.3, 0.4) is 0 Å². The fourth-order valence-electron chi connectivity index (χ4n) is 3.67. The van der Waals surface area contributed by atoms with Crippen LogP contribution in [0.2, 0.25) is 10.0 Å². The molecule has 0 atom stereocenters. The van der Waals surface area contributed by atoms with E-state index in [1.54, 1.807) is 11.0 Å². The number of benzene rings is 1. The van der Waals surface area contributed by atoms with Crippen molar-refractivity contribution in [3.63, 3.8) is 0 Å². The van der Waals surface area contributed by atoms with Crippen LogP contribution in [0, 0.1) is 0 Å². The number of aromatic amines is 1. The fraction of sp³-hybridized carbons (Fsp3) is 0.333. The zero-order chi connectivity index (χ0) is 21.1. The van der Waals surface area contributed by atoms with Crippen molar-refractivity contribution in [2.45, 2.75) is 19.1 Å². The molecule has 0 fully saturated rings. The summed E-state index contributed by atoms with van der Waals surface area (Å²) in [7, 11) is 1.51. The Hall–Kier alpha value is -1.81. The van der Waals surface area contributed by atoms with Crippen LogP contribution in [-0.2, 0) is 31.0 Å². The maximum atomic E-state index is 13.2. The van der Waals surface area contributed by atoms with E-state index in [2.05, 4.69) is 5.10 Å². The van der Waals surface area contributed by atoms with Crippen molar-refractivity contribution in [2.75, 3.05) is 13.1 Å². The third kappa shape index (κ3) is 3.39. The molecule has 0 radical (unpaired) electrons. The number of carbonyl (C=O) groups is 1. The van der Waals surface area contributed by atoms with E-state index in [0.717, 1.165) is 21.9 Å². The zero-order valence-corrected chi connectivity index (χ0v) is 17.5. The number of fused-ring (bicyclic) bond motifs is 3. The highest BCUT2D eigenvalue weighted by Crippen LogP contribution is 2.46. The van der Waals surface area contributed by atoms with E-state index >= 15 is 0 Å². The molecule has 1 aromatic carbocycles. The van der Waals surface area contributed by atoms with Gasteiger partial charge in [-0.05, 0) is 18.1 Å². The van der Waals surface area contributed by atoms with Gasteiger partial charge in [0.25, 0.3) is 0 Å². The number of aryl methyl sites for hydroxylation is 1. The van der Waals surface area contributed by atoms with E-state index in [1.165, 1.54) is 23.1 Å². The van der Waals surface area contributed by atoms with Crippen molar-refractivity contribution < 1.29 is 22.6 Å². The first-order valence-corrected chi connectivity index (χ1v) is 10.3. The predicted molar refractivity (Wildman–Crippen MR) is 106 cm³/mol. The van der Waals surface area contributed by atoms with Crippen molar-refractivity contribution >= 4 is 50.5 Å². The van der Waals surface area contributed by atoms with Gasteiger partial charge < -0.3 is 10.6 Å². The first-order chi connectivity index (χ1) is 13.6. The number of amides is 1. The maximum Gasteiger partial charge on any atom is 0.436 e. The van der Waals surface area contributed by atoms with E-state index in [0.29, 0.717) is 40.5 Å². The summed E-state index contributed by atoms with van der Waals surface area (Å²) in [6.07, 6.45) is -3.94. The van der Waals surface area contributed by atoms with Crippen LogP contribution in [0.1, 0.15) is 16.1 Å². The summed E-state index contributed by atoms with van der Waals surface area (Å²) in [5.41, 5.74) is 6.52. The molecule has 29 heavy (non-hydrogen) atoms. The second-order valence-corrected chi connectivity index (χ2v) is 8.70. The second kappa shape index (κ2) is 7.16. The lowest BCUT2D eigenvalue weighted by Gasteiger charge is -2.26. The van der Waals surface area contributed by atoms with Crippen molar-refractivity contribution in [3.8, 4) is 11.3 Å². The highest BCUT2D eigenvalue weighted by atomic mass is 35.5. The quantitative estimate of drug-likeness (QED) is 0.566. The lowest BCUT2D eigenvalue weighted by Crippen LogP contribution is -2.39. The molecule has 1 aliphatic rings. The minimum Gasteiger partial charge on any atom is -0.336 e. The van der Waals surface area contributed by atoms with Crippen LogP contribution in [0.4, 0.5) is 13.2 Å². The van der Waals surface area contributed by atoms with E-state index in [9.17, 15) is 18.0 Å². The molecule has 3 N–H and O–H groups in total. The number of rotatable bonds is 2. The number of thiophene rings is 1. The average Bonchev–Trinajstić information content (AvgIpc) is 3.24. The normalized spacial score (nSPS) is 14.5. The Bertz CT molecular complexity index is 1140. The predicted octanol–water partition coefficient (Wildman–Crippen LogP) is 3.89. The summed E-state index contributed by atoms with van der Waals surface area (Å²) in [5, 5.41) is 3.73. The first-order valence-electron chi connectivity index (χ1n) is 8.68. The van der Waals surface area contributed by atoms with Crippen molar-refractivity contribution in [2.24, 2.45) is 12.8 Å². The molecular weight excluding hydrogens is 448 g/mol. The molecule has 5 nitrogen and oxygen atoms in total. The number of nitrogens with two attached hydrogens (primary N) is 1. The van der Waals surface area contributed by atoms with Gasteiger partial charge in [-0.2, -0.15) is 18.3 Å². The zero-order valence-electron chi connectivity index (χ0n) is 15.2. The molecular formula is C18H16Cl2F3N4OS+. The van der Waals surface area contributed by atoms with Gasteiger partial charge in [0, 0.05) is 22.9 Å². The Labute approximate surface area is 177 Å². The number of nitrogens with one attached hydrogen (secondary N) is 1. The van der Waals surface area contributed by atoms with Gasteiger partial charge in [-0.25, -0.2) is 0 Å². The third-order valence-corrected chi connectivity index (χ3v) is 7.18. The van der Waals surface area contributed by atoms with Crippen molar-refractivity contribution in [1.29, 1.82) is 0 Å². The Morgan fingerprint density at radius 3 is 2.72 bits per heavy atom. The van der Waals surface area contributed by atoms with Gasteiger partial charge in [-0.15, -0.1) is 16.0 Å². The first kappa shape index (κ1) is 20.5. The smallest absolute Gasteiger partial charge is 0.336 e. The molecule has 11 heteroatoms. The molecule has 0 unspecified atom stereocenters.